The third-order valence-electron chi connectivity index (χ3n) is 2.97. The molecule has 0 bridgehead atoms. The van der Waals surface area contributed by atoms with Gasteiger partial charge in [-0.1, -0.05) is 13.3 Å². The predicted molar refractivity (Wildman–Crippen MR) is 81.0 cm³/mol. The van der Waals surface area contributed by atoms with Gasteiger partial charge in [-0.25, -0.2) is 4.98 Å². The normalized spacial score (nSPS) is 14.3. The van der Waals surface area contributed by atoms with Crippen molar-refractivity contribution in [2.45, 2.75) is 32.3 Å². The summed E-state index contributed by atoms with van der Waals surface area (Å²) < 4.78 is 0. The third-order valence-corrected chi connectivity index (χ3v) is 3.78. The second-order valence-electron chi connectivity index (χ2n) is 4.89. The smallest absolute Gasteiger partial charge is 0.225 e. The first-order chi connectivity index (χ1) is 9.05. The van der Waals surface area contributed by atoms with Crippen LogP contribution in [0.25, 0.3) is 10.2 Å². The van der Waals surface area contributed by atoms with Gasteiger partial charge in [-0.15, -0.1) is 11.3 Å². The summed E-state index contributed by atoms with van der Waals surface area (Å²) in [6.07, 6.45) is 1.71. The van der Waals surface area contributed by atoms with Crippen molar-refractivity contribution in [1.29, 1.82) is 0 Å². The minimum Gasteiger partial charge on any atom is -0.388 e. The average Bonchev–Trinajstić information content (AvgIpc) is 2.83. The van der Waals surface area contributed by atoms with Crippen LogP contribution in [0.1, 0.15) is 26.7 Å². The summed E-state index contributed by atoms with van der Waals surface area (Å²) in [7, 11) is 1.80. The average molecular weight is 280 g/mol. The zero-order valence-corrected chi connectivity index (χ0v) is 12.3. The van der Waals surface area contributed by atoms with Gasteiger partial charge in [-0.3, -0.25) is 0 Å². The van der Waals surface area contributed by atoms with Crippen molar-refractivity contribution in [3.8, 4) is 0 Å². The summed E-state index contributed by atoms with van der Waals surface area (Å²) in [5.74, 6) is 1.36. The number of rotatable bonds is 6. The Morgan fingerprint density at radius 1 is 1.42 bits per heavy atom. The summed E-state index contributed by atoms with van der Waals surface area (Å²) in [6.45, 7) is 4.38. The number of anilines is 2. The van der Waals surface area contributed by atoms with E-state index in [0.717, 1.165) is 28.9 Å². The fraction of sp³-hybridized carbons (Fsp3) is 0.538. The van der Waals surface area contributed by atoms with Gasteiger partial charge in [0.05, 0.1) is 11.0 Å². The number of aliphatic hydroxyl groups is 1. The van der Waals surface area contributed by atoms with E-state index >= 15 is 0 Å². The molecule has 0 radical (unpaired) electrons. The van der Waals surface area contributed by atoms with E-state index in [0.29, 0.717) is 12.5 Å². The van der Waals surface area contributed by atoms with Gasteiger partial charge in [-0.2, -0.15) is 4.98 Å². The van der Waals surface area contributed by atoms with E-state index in [4.69, 9.17) is 0 Å². The minimum atomic E-state index is -0.720. The molecule has 0 aliphatic carbocycles. The topological polar surface area (TPSA) is 70.1 Å². The lowest BCUT2D eigenvalue weighted by Gasteiger charge is -2.23. The lowest BCUT2D eigenvalue weighted by atomic mass is 10.0. The van der Waals surface area contributed by atoms with Gasteiger partial charge in [0.15, 0.2) is 0 Å². The fourth-order valence-electron chi connectivity index (χ4n) is 2.00. The van der Waals surface area contributed by atoms with Crippen LogP contribution in [0.2, 0.25) is 0 Å². The molecule has 0 aliphatic heterocycles. The molecule has 5 nitrogen and oxygen atoms in total. The van der Waals surface area contributed by atoms with Crippen molar-refractivity contribution in [1.82, 2.24) is 9.97 Å². The van der Waals surface area contributed by atoms with Crippen LogP contribution in [-0.2, 0) is 0 Å². The maximum absolute atomic E-state index is 10.2. The summed E-state index contributed by atoms with van der Waals surface area (Å²) in [5.41, 5.74) is -0.720. The number of hydrogen-bond acceptors (Lipinski definition) is 6. The van der Waals surface area contributed by atoms with Crippen LogP contribution in [0.3, 0.4) is 0 Å². The van der Waals surface area contributed by atoms with Crippen LogP contribution in [-0.4, -0.2) is 34.3 Å². The number of nitrogens with zero attached hydrogens (tertiary/aromatic N) is 2. The second-order valence-corrected chi connectivity index (χ2v) is 5.78. The first-order valence-corrected chi connectivity index (χ1v) is 7.33. The van der Waals surface area contributed by atoms with Crippen LogP contribution in [0, 0.1) is 0 Å². The maximum Gasteiger partial charge on any atom is 0.225 e. The molecule has 3 N–H and O–H groups in total. The number of aromatic nitrogens is 2. The van der Waals surface area contributed by atoms with Crippen molar-refractivity contribution in [2.24, 2.45) is 0 Å². The Morgan fingerprint density at radius 2 is 2.21 bits per heavy atom. The van der Waals surface area contributed by atoms with Gasteiger partial charge < -0.3 is 15.7 Å². The van der Waals surface area contributed by atoms with E-state index in [9.17, 15) is 5.11 Å². The Morgan fingerprint density at radius 3 is 2.89 bits per heavy atom. The molecular weight excluding hydrogens is 260 g/mol. The molecule has 2 aromatic heterocycles. The van der Waals surface area contributed by atoms with Crippen molar-refractivity contribution in [2.75, 3.05) is 24.2 Å². The molecular formula is C13H20N4OS. The lowest BCUT2D eigenvalue weighted by Crippen LogP contribution is -2.33. The number of hydrogen-bond donors (Lipinski definition) is 3. The molecule has 19 heavy (non-hydrogen) atoms. The largest absolute Gasteiger partial charge is 0.388 e. The zero-order valence-electron chi connectivity index (χ0n) is 11.5. The van der Waals surface area contributed by atoms with E-state index < -0.39 is 5.60 Å². The standard InChI is InChI=1S/C13H20N4OS/c1-4-6-13(2,18)8-15-10-9-5-7-19-11(9)17-12(14-3)16-10/h5,7,18H,4,6,8H2,1-3H3,(H2,14,15,16,17). The Balaban J connectivity index is 2.22. The molecule has 1 unspecified atom stereocenters. The van der Waals surface area contributed by atoms with Crippen molar-refractivity contribution < 1.29 is 5.11 Å². The first kappa shape index (κ1) is 14.0. The Hall–Kier alpha value is -1.40. The summed E-state index contributed by atoms with van der Waals surface area (Å²) in [5, 5.41) is 19.4. The summed E-state index contributed by atoms with van der Waals surface area (Å²) >= 11 is 1.58. The molecule has 104 valence electrons. The van der Waals surface area contributed by atoms with E-state index in [1.165, 1.54) is 0 Å². The molecule has 0 amide bonds. The molecule has 0 spiro atoms. The summed E-state index contributed by atoms with van der Waals surface area (Å²) in [6, 6.07) is 2.00. The highest BCUT2D eigenvalue weighted by atomic mass is 32.1. The highest BCUT2D eigenvalue weighted by molar-refractivity contribution is 7.16. The van der Waals surface area contributed by atoms with Crippen LogP contribution < -0.4 is 10.6 Å². The molecule has 6 heteroatoms. The third kappa shape index (κ3) is 3.33. The highest BCUT2D eigenvalue weighted by Crippen LogP contribution is 2.27. The fourth-order valence-corrected chi connectivity index (χ4v) is 2.77. The Kier molecular flexibility index (Phi) is 4.21. The van der Waals surface area contributed by atoms with Gasteiger partial charge in [-0.05, 0) is 24.8 Å². The van der Waals surface area contributed by atoms with Crippen molar-refractivity contribution in [3.63, 3.8) is 0 Å². The molecule has 2 rings (SSSR count). The zero-order chi connectivity index (χ0) is 13.9. The predicted octanol–water partition coefficient (Wildman–Crippen LogP) is 2.70. The molecule has 0 saturated heterocycles. The summed E-state index contributed by atoms with van der Waals surface area (Å²) in [4.78, 5) is 9.75. The highest BCUT2D eigenvalue weighted by Gasteiger charge is 2.19. The second kappa shape index (κ2) is 5.71. The van der Waals surface area contributed by atoms with Crippen LogP contribution in [0.5, 0.6) is 0 Å². The lowest BCUT2D eigenvalue weighted by molar-refractivity contribution is 0.0636. The van der Waals surface area contributed by atoms with Gasteiger partial charge in [0, 0.05) is 13.6 Å². The van der Waals surface area contributed by atoms with Crippen molar-refractivity contribution in [3.05, 3.63) is 11.4 Å². The van der Waals surface area contributed by atoms with Crippen LogP contribution >= 0.6 is 11.3 Å². The number of nitrogens with one attached hydrogen (secondary N) is 2. The monoisotopic (exact) mass is 280 g/mol. The minimum absolute atomic E-state index is 0.478. The quantitative estimate of drug-likeness (QED) is 0.759. The van der Waals surface area contributed by atoms with E-state index in [-0.39, 0.29) is 0 Å². The molecule has 2 heterocycles. The Bertz CT molecular complexity index is 553. The van der Waals surface area contributed by atoms with E-state index in [1.807, 2.05) is 18.4 Å². The first-order valence-electron chi connectivity index (χ1n) is 6.45. The van der Waals surface area contributed by atoms with Gasteiger partial charge >= 0.3 is 0 Å². The van der Waals surface area contributed by atoms with Gasteiger partial charge in [0.2, 0.25) is 5.95 Å². The van der Waals surface area contributed by atoms with Gasteiger partial charge in [0.1, 0.15) is 10.6 Å². The van der Waals surface area contributed by atoms with E-state index in [2.05, 4.69) is 27.5 Å². The maximum atomic E-state index is 10.2. The molecule has 0 fully saturated rings. The van der Waals surface area contributed by atoms with Gasteiger partial charge in [0.25, 0.3) is 0 Å². The number of thiophene rings is 1. The van der Waals surface area contributed by atoms with Crippen molar-refractivity contribution >= 4 is 33.3 Å². The molecule has 1 atom stereocenters. The number of fused-ring (bicyclic) bond motifs is 1. The SMILES string of the molecule is CCCC(C)(O)CNc1nc(NC)nc2sccc12. The Labute approximate surface area is 117 Å². The van der Waals surface area contributed by atoms with Crippen LogP contribution in [0.15, 0.2) is 11.4 Å². The molecule has 2 aromatic rings. The molecule has 0 aliphatic rings. The molecule has 0 aromatic carbocycles. The van der Waals surface area contributed by atoms with E-state index in [1.54, 1.807) is 18.4 Å². The van der Waals surface area contributed by atoms with Crippen LogP contribution in [0.4, 0.5) is 11.8 Å². The molecule has 0 saturated carbocycles.